The molecule has 4 rings (SSSR count). The Morgan fingerprint density at radius 2 is 1.87 bits per heavy atom. The maximum atomic E-state index is 13.3. The van der Waals surface area contributed by atoms with E-state index in [1.807, 2.05) is 4.90 Å². The van der Waals surface area contributed by atoms with Crippen LogP contribution < -0.4 is 5.73 Å². The van der Waals surface area contributed by atoms with E-state index in [9.17, 15) is 19.4 Å². The average Bonchev–Trinajstić information content (AvgIpc) is 3.06. The summed E-state index contributed by atoms with van der Waals surface area (Å²) in [6.07, 6.45) is -2.05. The van der Waals surface area contributed by atoms with Crippen LogP contribution in [0.3, 0.4) is 0 Å². The molecule has 2 aromatic carbocycles. The third kappa shape index (κ3) is 4.18. The number of amidine groups is 1. The highest BCUT2D eigenvalue weighted by Gasteiger charge is 2.54. The van der Waals surface area contributed by atoms with Crippen molar-refractivity contribution in [2.75, 3.05) is 0 Å². The van der Waals surface area contributed by atoms with Gasteiger partial charge in [0, 0.05) is 16.8 Å². The van der Waals surface area contributed by atoms with Crippen molar-refractivity contribution in [2.45, 2.75) is 36.5 Å². The lowest BCUT2D eigenvalue weighted by atomic mass is 9.80. The maximum Gasteiger partial charge on any atom is 0.221 e. The molecule has 2 aliphatic rings. The molecule has 1 amide bonds. The number of nitrogens with two attached hydrogens (primary N) is 1. The van der Waals surface area contributed by atoms with Crippen molar-refractivity contribution in [1.29, 1.82) is 0 Å². The van der Waals surface area contributed by atoms with Crippen LogP contribution in [0.4, 0.5) is 10.1 Å². The summed E-state index contributed by atoms with van der Waals surface area (Å²) in [6, 6.07) is 12.5. The number of carbonyl (C=O) groups is 1. The molecule has 1 aliphatic carbocycles. The third-order valence-corrected chi connectivity index (χ3v) is 7.17. The molecule has 0 radical (unpaired) electrons. The predicted octanol–water partition coefficient (Wildman–Crippen LogP) is 2.68. The Morgan fingerprint density at radius 1 is 1.20 bits per heavy atom. The van der Waals surface area contributed by atoms with Gasteiger partial charge in [-0.3, -0.25) is 4.79 Å². The molecule has 158 valence electrons. The Morgan fingerprint density at radius 3 is 2.50 bits per heavy atom. The summed E-state index contributed by atoms with van der Waals surface area (Å²) in [7, 11) is 0. The van der Waals surface area contributed by atoms with Crippen molar-refractivity contribution >= 4 is 40.1 Å². The number of primary amides is 1. The lowest BCUT2D eigenvalue weighted by molar-refractivity contribution is -0.128. The zero-order chi connectivity index (χ0) is 21.4. The fourth-order valence-electron chi connectivity index (χ4n) is 3.98. The lowest BCUT2D eigenvalue weighted by Crippen LogP contribution is -2.58. The molecule has 5 unspecified atom stereocenters. The second kappa shape index (κ2) is 8.55. The van der Waals surface area contributed by atoms with Gasteiger partial charge in [0.25, 0.3) is 0 Å². The number of hydrogen-bond donors (Lipinski definition) is 3. The van der Waals surface area contributed by atoms with Crippen LogP contribution in [0.2, 0.25) is 5.02 Å². The van der Waals surface area contributed by atoms with Crippen LogP contribution in [-0.2, 0) is 11.3 Å². The van der Waals surface area contributed by atoms with E-state index < -0.39 is 30.1 Å². The molecular weight excluding hydrogens is 429 g/mol. The maximum absolute atomic E-state index is 13.3. The Bertz CT molecular complexity index is 957. The van der Waals surface area contributed by atoms with Crippen molar-refractivity contribution in [2.24, 2.45) is 16.6 Å². The van der Waals surface area contributed by atoms with Crippen molar-refractivity contribution in [3.8, 4) is 0 Å². The molecule has 0 spiro atoms. The number of hydrogen-bond acceptors (Lipinski definition) is 5. The zero-order valence-electron chi connectivity index (χ0n) is 15.9. The number of amides is 1. The number of halogens is 2. The second-order valence-electron chi connectivity index (χ2n) is 7.50. The third-order valence-electron chi connectivity index (χ3n) is 5.50. The van der Waals surface area contributed by atoms with Crippen molar-refractivity contribution < 1.29 is 19.4 Å². The molecule has 2 fully saturated rings. The first kappa shape index (κ1) is 21.1. The molecule has 1 saturated carbocycles. The van der Waals surface area contributed by atoms with Gasteiger partial charge in [0.2, 0.25) is 5.91 Å². The van der Waals surface area contributed by atoms with Gasteiger partial charge < -0.3 is 20.8 Å². The molecule has 4 N–H and O–H groups in total. The Hall–Kier alpha value is -2.13. The predicted molar refractivity (Wildman–Crippen MR) is 115 cm³/mol. The van der Waals surface area contributed by atoms with Crippen molar-refractivity contribution in [3.05, 3.63) is 64.9 Å². The summed E-state index contributed by atoms with van der Waals surface area (Å²) < 4.78 is 13.3. The number of aliphatic imine (C=N–C) groups is 1. The van der Waals surface area contributed by atoms with Gasteiger partial charge in [-0.25, -0.2) is 9.38 Å². The normalized spacial score (nSPS) is 29.8. The van der Waals surface area contributed by atoms with Crippen molar-refractivity contribution in [3.63, 3.8) is 0 Å². The Kier molecular flexibility index (Phi) is 6.02. The van der Waals surface area contributed by atoms with Gasteiger partial charge in [0.15, 0.2) is 5.17 Å². The summed E-state index contributed by atoms with van der Waals surface area (Å²) in [5.41, 5.74) is 7.07. The highest BCUT2D eigenvalue weighted by atomic mass is 35.5. The number of nitrogens with zero attached hydrogens (tertiary/aromatic N) is 2. The van der Waals surface area contributed by atoms with Gasteiger partial charge in [0.1, 0.15) is 11.9 Å². The number of aliphatic hydroxyl groups is 2. The minimum atomic E-state index is -1.07. The quantitative estimate of drug-likeness (QED) is 0.666. The van der Waals surface area contributed by atoms with Gasteiger partial charge >= 0.3 is 0 Å². The van der Waals surface area contributed by atoms with Gasteiger partial charge in [-0.05, 0) is 48.4 Å². The number of thioether (sulfide) groups is 1. The van der Waals surface area contributed by atoms with Crippen LogP contribution in [0.25, 0.3) is 0 Å². The number of fused-ring (bicyclic) bond motifs is 1. The Balaban J connectivity index is 1.73. The van der Waals surface area contributed by atoms with Crippen LogP contribution >= 0.6 is 23.4 Å². The van der Waals surface area contributed by atoms with E-state index in [-0.39, 0.29) is 17.5 Å². The molecule has 5 atom stereocenters. The molecule has 0 bridgehead atoms. The average molecular weight is 450 g/mol. The second-order valence-corrected chi connectivity index (χ2v) is 9.08. The van der Waals surface area contributed by atoms with E-state index in [1.54, 1.807) is 36.4 Å². The molecule has 2 aromatic rings. The fourth-order valence-corrected chi connectivity index (χ4v) is 5.68. The first-order chi connectivity index (χ1) is 14.3. The van der Waals surface area contributed by atoms with E-state index in [4.69, 9.17) is 22.3 Å². The van der Waals surface area contributed by atoms with E-state index in [0.717, 1.165) is 5.56 Å². The van der Waals surface area contributed by atoms with Gasteiger partial charge in [-0.15, -0.1) is 0 Å². The lowest BCUT2D eigenvalue weighted by Gasteiger charge is -2.41. The monoisotopic (exact) mass is 449 g/mol. The van der Waals surface area contributed by atoms with E-state index >= 15 is 0 Å². The van der Waals surface area contributed by atoms with E-state index in [0.29, 0.717) is 22.4 Å². The van der Waals surface area contributed by atoms with Gasteiger partial charge in [0.05, 0.1) is 23.8 Å². The van der Waals surface area contributed by atoms with Crippen LogP contribution in [0.1, 0.15) is 12.0 Å². The molecule has 1 aliphatic heterocycles. The number of benzene rings is 2. The number of carbonyl (C=O) groups excluding carboxylic acids is 1. The van der Waals surface area contributed by atoms with Crippen LogP contribution in [0.5, 0.6) is 0 Å². The standard InChI is InChI=1S/C21H21ClFN3O3S/c22-12-3-7-14(8-4-12)25-21-26(10-11-1-5-13(23)6-2-11)17-18(28)16(27)9-15(20(24)29)19(17)30-21/h1-8,15-19,27-28H,9-10H2,(H2,24,29). The summed E-state index contributed by atoms with van der Waals surface area (Å²) in [5, 5.41) is 22.0. The van der Waals surface area contributed by atoms with Crippen LogP contribution in [0.15, 0.2) is 53.5 Å². The molecular formula is C21H21ClFN3O3S. The minimum Gasteiger partial charge on any atom is -0.390 e. The topological polar surface area (TPSA) is 99.2 Å². The molecule has 0 aromatic heterocycles. The van der Waals surface area contributed by atoms with Gasteiger partial charge in [-0.1, -0.05) is 35.5 Å². The largest absolute Gasteiger partial charge is 0.390 e. The fraction of sp³-hybridized carbons (Fsp3) is 0.333. The smallest absolute Gasteiger partial charge is 0.221 e. The SMILES string of the molecule is NC(=O)C1CC(O)C(O)C2C1SC(=Nc1ccc(Cl)cc1)N2Cc1ccc(F)cc1. The first-order valence-corrected chi connectivity index (χ1v) is 10.8. The summed E-state index contributed by atoms with van der Waals surface area (Å²) >= 11 is 7.32. The molecule has 6 nitrogen and oxygen atoms in total. The first-order valence-electron chi connectivity index (χ1n) is 9.51. The van der Waals surface area contributed by atoms with Gasteiger partial charge in [-0.2, -0.15) is 0 Å². The summed E-state index contributed by atoms with van der Waals surface area (Å²) in [5.74, 6) is -1.46. The molecule has 30 heavy (non-hydrogen) atoms. The highest BCUT2D eigenvalue weighted by molar-refractivity contribution is 8.14. The zero-order valence-corrected chi connectivity index (χ0v) is 17.4. The summed E-state index contributed by atoms with van der Waals surface area (Å²) in [6.45, 7) is 0.329. The molecule has 1 heterocycles. The van der Waals surface area contributed by atoms with Crippen LogP contribution in [-0.4, -0.2) is 49.7 Å². The molecule has 9 heteroatoms. The number of rotatable bonds is 4. The van der Waals surface area contributed by atoms with E-state index in [2.05, 4.69) is 0 Å². The Labute approximate surface area is 182 Å². The number of aliphatic hydroxyl groups excluding tert-OH is 2. The van der Waals surface area contributed by atoms with Crippen molar-refractivity contribution in [1.82, 2.24) is 4.90 Å². The minimum absolute atomic E-state index is 0.100. The molecule has 1 saturated heterocycles. The van der Waals surface area contributed by atoms with E-state index in [1.165, 1.54) is 23.9 Å². The van der Waals surface area contributed by atoms with Crippen LogP contribution in [0, 0.1) is 11.7 Å². The highest BCUT2D eigenvalue weighted by Crippen LogP contribution is 2.45. The summed E-state index contributed by atoms with van der Waals surface area (Å²) in [4.78, 5) is 18.6.